The lowest BCUT2D eigenvalue weighted by molar-refractivity contribution is -0.235. The number of phenolic OH excluding ortho intramolecular Hbond substituents is 1. The predicted molar refractivity (Wildman–Crippen MR) is 186 cm³/mol. The minimum atomic E-state index is -1.89. The van der Waals surface area contributed by atoms with Crippen molar-refractivity contribution in [3.63, 3.8) is 0 Å². The molecule has 4 heterocycles. The van der Waals surface area contributed by atoms with Crippen LogP contribution in [0.5, 0.6) is 5.75 Å². The second-order valence-electron chi connectivity index (χ2n) is 14.0. The highest BCUT2D eigenvalue weighted by atomic mass is 35.5. The Morgan fingerprint density at radius 2 is 1.91 bits per heavy atom. The van der Waals surface area contributed by atoms with Gasteiger partial charge in [0.2, 0.25) is 5.91 Å². The Hall–Kier alpha value is -3.52. The molecule has 7 N–H and O–H groups in total. The largest absolute Gasteiger partial charge is 0.506 e. The second-order valence-corrected chi connectivity index (χ2v) is 14.4. The van der Waals surface area contributed by atoms with E-state index in [1.807, 2.05) is 0 Å². The molecule has 3 saturated heterocycles. The van der Waals surface area contributed by atoms with Crippen molar-refractivity contribution in [1.29, 1.82) is 0 Å². The van der Waals surface area contributed by atoms with Gasteiger partial charge < -0.3 is 59.3 Å². The first kappa shape index (κ1) is 40.7. The number of hydrogen-bond acceptors (Lipinski definition) is 14. The van der Waals surface area contributed by atoms with Gasteiger partial charge in [-0.3, -0.25) is 15.0 Å². The topological polar surface area (TPSA) is 238 Å². The number of anilines is 1. The standard InChI is InChI=1S/C35H48ClN3O14/c1-16-8-7-9-23(48-5)35(47)14-21(51-33(46)38-35)17(2)30-34(3,53-30)24(52-32(45)37-4)13-25(42)39(19-11-18(10-16)12-20(41)26(19)36)31-28(44)29(49-6)27(43)22(15-40)50-31/h7-9,11-12,17,21-24,27-31,40-41,43-44,47H,10,13-15H2,1-6H3,(H,37,45)(H,38,46)/b9-7-,16-8-/t17-,21+,22+,23-,24+,27+,28+,29-,30+,31+,34+,35+/m1/s1. The van der Waals surface area contributed by atoms with Crippen molar-refractivity contribution >= 4 is 35.4 Å². The molecule has 1 aromatic rings. The Balaban J connectivity index is 1.67. The summed E-state index contributed by atoms with van der Waals surface area (Å²) in [6, 6.07) is 2.91. The lowest BCUT2D eigenvalue weighted by Crippen LogP contribution is -2.65. The fourth-order valence-electron chi connectivity index (χ4n) is 7.39. The molecule has 3 amide bonds. The van der Waals surface area contributed by atoms with Crippen molar-refractivity contribution in [2.45, 2.75) is 106 Å². The Kier molecular flexibility index (Phi) is 12.3. The predicted octanol–water partition coefficient (Wildman–Crippen LogP) is 1.00. The van der Waals surface area contributed by atoms with E-state index in [9.17, 15) is 39.9 Å². The summed E-state index contributed by atoms with van der Waals surface area (Å²) in [4.78, 5) is 41.2. The number of ether oxygens (including phenoxy) is 6. The lowest BCUT2D eigenvalue weighted by Gasteiger charge is -2.46. The number of hydrogen-bond donors (Lipinski definition) is 7. The first-order chi connectivity index (χ1) is 25.0. The average molecular weight is 770 g/mol. The number of benzene rings is 1. The highest BCUT2D eigenvalue weighted by Gasteiger charge is 2.65. The van der Waals surface area contributed by atoms with Crippen molar-refractivity contribution in [2.75, 3.05) is 32.8 Å². The smallest absolute Gasteiger partial charge is 0.409 e. The zero-order chi connectivity index (χ0) is 39.0. The van der Waals surface area contributed by atoms with E-state index in [0.29, 0.717) is 5.56 Å². The van der Waals surface area contributed by atoms with Crippen LogP contribution in [0, 0.1) is 5.92 Å². The fourth-order valence-corrected chi connectivity index (χ4v) is 7.59. The van der Waals surface area contributed by atoms with Gasteiger partial charge >= 0.3 is 12.2 Å². The zero-order valence-electron chi connectivity index (χ0n) is 30.2. The van der Waals surface area contributed by atoms with Gasteiger partial charge in [0, 0.05) is 33.6 Å². The summed E-state index contributed by atoms with van der Waals surface area (Å²) < 4.78 is 34.4. The van der Waals surface area contributed by atoms with Crippen LogP contribution < -0.4 is 15.5 Å². The van der Waals surface area contributed by atoms with Crippen LogP contribution >= 0.6 is 11.6 Å². The summed E-state index contributed by atoms with van der Waals surface area (Å²) in [5.74, 6) is -1.86. The third-order valence-electron chi connectivity index (χ3n) is 10.4. The van der Waals surface area contributed by atoms with Gasteiger partial charge in [-0.1, -0.05) is 42.3 Å². The van der Waals surface area contributed by atoms with Crippen molar-refractivity contribution in [3.05, 3.63) is 46.5 Å². The number of nitrogens with one attached hydrogen (secondary N) is 2. The number of aliphatic hydroxyl groups is 4. The maximum atomic E-state index is 14.7. The maximum absolute atomic E-state index is 14.7. The minimum Gasteiger partial charge on any atom is -0.506 e. The third-order valence-corrected chi connectivity index (χ3v) is 10.7. The number of carbonyl (C=O) groups excluding carboxylic acids is 3. The van der Waals surface area contributed by atoms with Gasteiger partial charge in [0.25, 0.3) is 0 Å². The molecule has 17 nitrogen and oxygen atoms in total. The van der Waals surface area contributed by atoms with Crippen LogP contribution in [0.1, 0.15) is 39.2 Å². The molecule has 294 valence electrons. The molecular weight excluding hydrogens is 722 g/mol. The van der Waals surface area contributed by atoms with E-state index in [2.05, 4.69) is 10.6 Å². The molecule has 12 atom stereocenters. The molecule has 0 aliphatic carbocycles. The van der Waals surface area contributed by atoms with E-state index in [1.165, 1.54) is 33.4 Å². The fraction of sp³-hybridized carbons (Fsp3) is 0.629. The summed E-state index contributed by atoms with van der Waals surface area (Å²) in [5.41, 5.74) is -2.12. The molecule has 3 fully saturated rings. The number of rotatable bonds is 5. The van der Waals surface area contributed by atoms with Crippen LogP contribution in [0.3, 0.4) is 0 Å². The number of aromatic hydroxyl groups is 1. The zero-order valence-corrected chi connectivity index (χ0v) is 31.0. The van der Waals surface area contributed by atoms with Gasteiger partial charge in [-0.05, 0) is 38.0 Å². The summed E-state index contributed by atoms with van der Waals surface area (Å²) in [6.07, 6.45) is -8.88. The highest BCUT2D eigenvalue weighted by molar-refractivity contribution is 6.35. The first-order valence-corrected chi connectivity index (χ1v) is 17.5. The van der Waals surface area contributed by atoms with Crippen LogP contribution in [0.25, 0.3) is 0 Å². The Labute approximate surface area is 311 Å². The number of alkyl carbamates (subject to hydrolysis) is 2. The number of nitrogens with zero attached hydrogens (tertiary/aromatic N) is 1. The minimum absolute atomic E-state index is 0.0983. The van der Waals surface area contributed by atoms with Crippen LogP contribution in [-0.4, -0.2) is 138 Å². The number of amides is 3. The lowest BCUT2D eigenvalue weighted by atomic mass is 9.83. The number of phenols is 1. The normalized spacial score (nSPS) is 39.5. The van der Waals surface area contributed by atoms with Crippen molar-refractivity contribution < 1.29 is 68.3 Å². The van der Waals surface area contributed by atoms with E-state index < -0.39 is 109 Å². The van der Waals surface area contributed by atoms with Gasteiger partial charge in [0.1, 0.15) is 59.1 Å². The first-order valence-electron chi connectivity index (χ1n) is 17.1. The molecule has 4 aliphatic heterocycles. The quantitative estimate of drug-likeness (QED) is 0.207. The van der Waals surface area contributed by atoms with Crippen molar-refractivity contribution in [3.8, 4) is 5.75 Å². The molecule has 5 rings (SSSR count). The molecule has 4 aliphatic rings. The average Bonchev–Trinajstić information content (AvgIpc) is 3.80. The summed E-state index contributed by atoms with van der Waals surface area (Å²) >= 11 is 6.68. The molecule has 53 heavy (non-hydrogen) atoms. The van der Waals surface area contributed by atoms with Crippen molar-refractivity contribution in [1.82, 2.24) is 10.6 Å². The van der Waals surface area contributed by atoms with Crippen LogP contribution in [-0.2, 0) is 39.6 Å². The third kappa shape index (κ3) is 8.13. The molecule has 0 saturated carbocycles. The number of aliphatic hydroxyl groups excluding tert-OH is 3. The summed E-state index contributed by atoms with van der Waals surface area (Å²) in [6.45, 7) is 4.42. The molecule has 0 unspecified atom stereocenters. The number of fused-ring (bicyclic) bond motifs is 5. The SMILES string of the molecule is CNC(=O)O[C@H]1CC(=O)N([C@H]2O[C@@H](CO)[C@H](O)[C@@H](OC)[C@@H]2O)c2cc(cc(O)c2Cl)C/C(C)=C\C=C/[C@@H](OC)[C@@]2(O)C[C@H](OC(=O)N2)[C@@H](C)[C@@H]2O[C@@]12C. The Morgan fingerprint density at radius 3 is 2.55 bits per heavy atom. The second kappa shape index (κ2) is 16.1. The molecule has 18 heteroatoms. The van der Waals surface area contributed by atoms with Gasteiger partial charge in [0.05, 0.1) is 24.8 Å². The van der Waals surface area contributed by atoms with E-state index in [1.54, 1.807) is 39.0 Å². The van der Waals surface area contributed by atoms with Crippen LogP contribution in [0.4, 0.5) is 15.3 Å². The van der Waals surface area contributed by atoms with Crippen molar-refractivity contribution in [2.24, 2.45) is 5.92 Å². The Bertz CT molecular complexity index is 1610. The highest BCUT2D eigenvalue weighted by Crippen LogP contribution is 2.49. The van der Waals surface area contributed by atoms with Crippen LogP contribution in [0.2, 0.25) is 5.02 Å². The molecule has 0 radical (unpaired) electrons. The van der Waals surface area contributed by atoms with Gasteiger partial charge in [-0.2, -0.15) is 0 Å². The van der Waals surface area contributed by atoms with Gasteiger partial charge in [0.15, 0.2) is 12.0 Å². The van der Waals surface area contributed by atoms with E-state index >= 15 is 0 Å². The maximum Gasteiger partial charge on any atom is 0.409 e. The summed E-state index contributed by atoms with van der Waals surface area (Å²) in [7, 11) is 3.94. The van der Waals surface area contributed by atoms with Gasteiger partial charge in [-0.15, -0.1) is 0 Å². The molecular formula is C35H48ClN3O14. The Morgan fingerprint density at radius 1 is 1.19 bits per heavy atom. The number of carbonyl (C=O) groups is 3. The number of halogens is 1. The number of allylic oxidation sites excluding steroid dienone is 3. The van der Waals surface area contributed by atoms with E-state index in [-0.39, 0.29) is 23.6 Å². The number of methoxy groups -OCH3 is 2. The molecule has 0 spiro atoms. The number of epoxide rings is 1. The molecule has 1 aromatic carbocycles. The van der Waals surface area contributed by atoms with Crippen LogP contribution in [0.15, 0.2) is 35.9 Å². The van der Waals surface area contributed by atoms with E-state index in [0.717, 1.165) is 10.5 Å². The summed E-state index contributed by atoms with van der Waals surface area (Å²) in [5, 5.41) is 59.6. The monoisotopic (exact) mass is 769 g/mol. The molecule has 4 bridgehead atoms. The molecule has 0 aromatic heterocycles. The van der Waals surface area contributed by atoms with Gasteiger partial charge in [-0.25, -0.2) is 9.59 Å². The van der Waals surface area contributed by atoms with E-state index in [4.69, 9.17) is 40.0 Å².